The van der Waals surface area contributed by atoms with Crippen LogP contribution in [0, 0.1) is 5.92 Å². The molecule has 0 radical (unpaired) electrons. The Balaban J connectivity index is 0.00000341. The second-order valence-electron chi connectivity index (χ2n) is 8.20. The summed E-state index contributed by atoms with van der Waals surface area (Å²) in [5, 5.41) is 9.76. The smallest absolute Gasteiger partial charge is 0.239 e. The van der Waals surface area contributed by atoms with Gasteiger partial charge in [0.25, 0.3) is 0 Å². The number of aliphatic imine (C=N–C) groups is 1. The van der Waals surface area contributed by atoms with Crippen LogP contribution in [0.5, 0.6) is 0 Å². The lowest BCUT2D eigenvalue weighted by Crippen LogP contribution is -2.52. The van der Waals surface area contributed by atoms with Gasteiger partial charge in [-0.3, -0.25) is 14.7 Å². The molecule has 0 spiro atoms. The first-order valence-electron chi connectivity index (χ1n) is 10.9. The molecule has 2 aliphatic heterocycles. The van der Waals surface area contributed by atoms with Gasteiger partial charge in [0.05, 0.1) is 19.8 Å². The van der Waals surface area contributed by atoms with E-state index >= 15 is 0 Å². The number of benzene rings is 1. The van der Waals surface area contributed by atoms with E-state index in [1.165, 1.54) is 5.56 Å². The lowest BCUT2D eigenvalue weighted by atomic mass is 10.0. The van der Waals surface area contributed by atoms with Gasteiger partial charge in [-0.1, -0.05) is 26.0 Å². The monoisotopic (exact) mass is 544 g/mol. The Morgan fingerprint density at radius 3 is 2.48 bits per heavy atom. The van der Waals surface area contributed by atoms with Gasteiger partial charge < -0.3 is 25.6 Å². The van der Waals surface area contributed by atoms with Crippen molar-refractivity contribution in [3.8, 4) is 0 Å². The van der Waals surface area contributed by atoms with Crippen molar-refractivity contribution in [2.75, 3.05) is 64.4 Å². The molecular weight excluding hydrogens is 507 g/mol. The average molecular weight is 544 g/mol. The maximum atomic E-state index is 11.6. The van der Waals surface area contributed by atoms with Crippen LogP contribution >= 0.6 is 24.0 Å². The molecule has 1 atom stereocenters. The summed E-state index contributed by atoms with van der Waals surface area (Å²) in [6.07, 6.45) is 0. The molecule has 2 fully saturated rings. The first-order chi connectivity index (χ1) is 14.6. The third kappa shape index (κ3) is 7.80. The Morgan fingerprint density at radius 1 is 1.16 bits per heavy atom. The number of nitrogens with zero attached hydrogens (tertiary/aromatic N) is 3. The van der Waals surface area contributed by atoms with E-state index < -0.39 is 0 Å². The fraction of sp³-hybridized carbons (Fsp3) is 0.636. The summed E-state index contributed by atoms with van der Waals surface area (Å²) in [4.78, 5) is 20.6. The highest BCUT2D eigenvalue weighted by atomic mass is 127. The second kappa shape index (κ2) is 13.1. The minimum Gasteiger partial charge on any atom is -0.379 e. The third-order valence-corrected chi connectivity index (χ3v) is 5.79. The molecule has 0 saturated carbocycles. The van der Waals surface area contributed by atoms with E-state index in [0.717, 1.165) is 51.0 Å². The van der Waals surface area contributed by atoms with Crippen molar-refractivity contribution in [3.05, 3.63) is 29.8 Å². The van der Waals surface area contributed by atoms with E-state index in [9.17, 15) is 4.79 Å². The number of halogens is 1. The van der Waals surface area contributed by atoms with E-state index in [1.54, 1.807) is 7.05 Å². The zero-order valence-corrected chi connectivity index (χ0v) is 21.2. The van der Waals surface area contributed by atoms with E-state index in [2.05, 4.69) is 68.9 Å². The van der Waals surface area contributed by atoms with Crippen LogP contribution in [0.2, 0.25) is 0 Å². The van der Waals surface area contributed by atoms with Crippen LogP contribution in [0.15, 0.2) is 29.3 Å². The number of hydrogen-bond acceptors (Lipinski definition) is 5. The summed E-state index contributed by atoms with van der Waals surface area (Å²) < 4.78 is 5.50. The number of nitrogens with one attached hydrogen (secondary N) is 3. The van der Waals surface area contributed by atoms with Gasteiger partial charge in [0.15, 0.2) is 5.96 Å². The van der Waals surface area contributed by atoms with Gasteiger partial charge in [-0.25, -0.2) is 0 Å². The third-order valence-electron chi connectivity index (χ3n) is 5.79. The number of piperazine rings is 1. The molecule has 9 heteroatoms. The maximum Gasteiger partial charge on any atom is 0.239 e. The van der Waals surface area contributed by atoms with Crippen LogP contribution in [0.1, 0.15) is 19.4 Å². The van der Waals surface area contributed by atoms with Crippen LogP contribution in [0.25, 0.3) is 0 Å². The molecule has 0 bridgehead atoms. The van der Waals surface area contributed by atoms with Crippen molar-refractivity contribution in [1.29, 1.82) is 0 Å². The average Bonchev–Trinajstić information content (AvgIpc) is 2.77. The lowest BCUT2D eigenvalue weighted by molar-refractivity contribution is -0.120. The van der Waals surface area contributed by atoms with Crippen molar-refractivity contribution < 1.29 is 9.53 Å². The first kappa shape index (κ1) is 25.7. The molecular formula is C22H37IN6O2. The summed E-state index contributed by atoms with van der Waals surface area (Å²) in [6, 6.07) is 8.82. The predicted molar refractivity (Wildman–Crippen MR) is 136 cm³/mol. The van der Waals surface area contributed by atoms with Gasteiger partial charge in [-0.15, -0.1) is 24.0 Å². The summed E-state index contributed by atoms with van der Waals surface area (Å²) in [6.45, 7) is 11.7. The van der Waals surface area contributed by atoms with Gasteiger partial charge in [0, 0.05) is 58.0 Å². The van der Waals surface area contributed by atoms with E-state index in [0.29, 0.717) is 31.6 Å². The second-order valence-corrected chi connectivity index (χ2v) is 8.20. The number of rotatable bonds is 7. The molecule has 3 rings (SSSR count). The van der Waals surface area contributed by atoms with Gasteiger partial charge in [0.2, 0.25) is 5.91 Å². The van der Waals surface area contributed by atoms with Gasteiger partial charge in [-0.05, 0) is 23.6 Å². The molecule has 2 saturated heterocycles. The molecule has 0 aliphatic carbocycles. The highest BCUT2D eigenvalue weighted by Crippen LogP contribution is 2.16. The zero-order chi connectivity index (χ0) is 21.3. The number of morpholine rings is 1. The number of carbonyl (C=O) groups excluding carboxylic acids is 1. The van der Waals surface area contributed by atoms with E-state index in [1.807, 2.05) is 0 Å². The fourth-order valence-corrected chi connectivity index (χ4v) is 3.99. The number of amides is 1. The molecule has 1 aromatic carbocycles. The Bertz CT molecular complexity index is 706. The Kier molecular flexibility index (Phi) is 10.8. The molecule has 2 heterocycles. The van der Waals surface area contributed by atoms with Crippen molar-refractivity contribution in [2.45, 2.75) is 26.4 Å². The number of ether oxygens (including phenoxy) is 1. The minimum absolute atomic E-state index is 0. The van der Waals surface area contributed by atoms with Crippen molar-refractivity contribution >= 4 is 41.5 Å². The molecule has 31 heavy (non-hydrogen) atoms. The molecule has 0 aromatic heterocycles. The summed E-state index contributed by atoms with van der Waals surface area (Å²) in [7, 11) is 1.80. The first-order valence-corrected chi connectivity index (χ1v) is 10.9. The Labute approximate surface area is 203 Å². The Morgan fingerprint density at radius 2 is 1.87 bits per heavy atom. The summed E-state index contributed by atoms with van der Waals surface area (Å²) in [5.74, 6) is 1.45. The normalized spacial score (nSPS) is 18.9. The van der Waals surface area contributed by atoms with Gasteiger partial charge in [-0.2, -0.15) is 0 Å². The predicted octanol–water partition coefficient (Wildman–Crippen LogP) is 1.26. The molecule has 174 valence electrons. The van der Waals surface area contributed by atoms with Crippen LogP contribution in [-0.2, 0) is 16.1 Å². The lowest BCUT2D eigenvalue weighted by Gasteiger charge is -2.37. The number of hydrogen-bond donors (Lipinski definition) is 3. The maximum absolute atomic E-state index is 11.6. The zero-order valence-electron chi connectivity index (χ0n) is 18.9. The molecule has 8 nitrogen and oxygen atoms in total. The number of guanidine groups is 1. The number of carbonyl (C=O) groups is 1. The molecule has 1 amide bonds. The SMILES string of the molecule is CN=C(NCc1ccc(N2CCNC(=O)C2)cc1)NCC(C(C)C)N1CCOCC1.I. The standard InChI is InChI=1S/C22H36N6O2.HI/c1-17(2)20(27-10-12-30-13-11-27)15-26-22(23-3)25-14-18-4-6-19(7-5-18)28-9-8-24-21(29)16-28;/h4-7,17,20H,8-16H2,1-3H3,(H,24,29)(H2,23,25,26);1H. The minimum atomic E-state index is 0. The van der Waals surface area contributed by atoms with Crippen molar-refractivity contribution in [1.82, 2.24) is 20.9 Å². The molecule has 3 N–H and O–H groups in total. The van der Waals surface area contributed by atoms with Gasteiger partial charge in [0.1, 0.15) is 0 Å². The Hall–Kier alpha value is -1.59. The van der Waals surface area contributed by atoms with Crippen LogP contribution in [0.4, 0.5) is 5.69 Å². The van der Waals surface area contributed by atoms with Crippen LogP contribution < -0.4 is 20.9 Å². The fourth-order valence-electron chi connectivity index (χ4n) is 3.99. The topological polar surface area (TPSA) is 81.2 Å². The molecule has 1 aromatic rings. The largest absolute Gasteiger partial charge is 0.379 e. The van der Waals surface area contributed by atoms with Crippen molar-refractivity contribution in [2.24, 2.45) is 10.9 Å². The van der Waals surface area contributed by atoms with E-state index in [4.69, 9.17) is 4.74 Å². The summed E-state index contributed by atoms with van der Waals surface area (Å²) >= 11 is 0. The molecule has 2 aliphatic rings. The van der Waals surface area contributed by atoms with Crippen LogP contribution in [-0.4, -0.2) is 82.3 Å². The molecule has 1 unspecified atom stereocenters. The quantitative estimate of drug-likeness (QED) is 0.273. The van der Waals surface area contributed by atoms with Gasteiger partial charge >= 0.3 is 0 Å². The highest BCUT2D eigenvalue weighted by Gasteiger charge is 2.24. The van der Waals surface area contributed by atoms with Crippen molar-refractivity contribution in [3.63, 3.8) is 0 Å². The van der Waals surface area contributed by atoms with E-state index in [-0.39, 0.29) is 29.9 Å². The van der Waals surface area contributed by atoms with Crippen LogP contribution in [0.3, 0.4) is 0 Å². The summed E-state index contributed by atoms with van der Waals surface area (Å²) in [5.41, 5.74) is 2.26. The number of anilines is 1. The highest BCUT2D eigenvalue weighted by molar-refractivity contribution is 14.0.